The Hall–Kier alpha value is -1.00. The SMILES string of the molecule is CC(C)CSc1nnc(-c2ccccc2Cl)n1C. The van der Waals surface area contributed by atoms with Gasteiger partial charge in [-0.2, -0.15) is 0 Å². The number of thioether (sulfide) groups is 1. The maximum Gasteiger partial charge on any atom is 0.191 e. The molecule has 1 aromatic heterocycles. The highest BCUT2D eigenvalue weighted by molar-refractivity contribution is 7.99. The molecule has 0 unspecified atom stereocenters. The Morgan fingerprint density at radius 3 is 2.67 bits per heavy atom. The van der Waals surface area contributed by atoms with Gasteiger partial charge in [0.2, 0.25) is 0 Å². The summed E-state index contributed by atoms with van der Waals surface area (Å²) >= 11 is 7.90. The molecule has 0 atom stereocenters. The summed E-state index contributed by atoms with van der Waals surface area (Å²) in [6.07, 6.45) is 0. The van der Waals surface area contributed by atoms with Gasteiger partial charge >= 0.3 is 0 Å². The van der Waals surface area contributed by atoms with Crippen LogP contribution in [0, 0.1) is 5.92 Å². The van der Waals surface area contributed by atoms with Crippen molar-refractivity contribution in [2.45, 2.75) is 19.0 Å². The van der Waals surface area contributed by atoms with Crippen LogP contribution in [0.3, 0.4) is 0 Å². The lowest BCUT2D eigenvalue weighted by Gasteiger charge is -2.06. The van der Waals surface area contributed by atoms with Crippen molar-refractivity contribution in [2.75, 3.05) is 5.75 Å². The second-order valence-electron chi connectivity index (χ2n) is 4.55. The number of rotatable bonds is 4. The van der Waals surface area contributed by atoms with Gasteiger partial charge in [-0.3, -0.25) is 0 Å². The summed E-state index contributed by atoms with van der Waals surface area (Å²) in [6, 6.07) is 7.70. The van der Waals surface area contributed by atoms with Crippen LogP contribution in [-0.4, -0.2) is 20.5 Å². The first-order chi connectivity index (χ1) is 8.59. The molecule has 0 amide bonds. The molecule has 0 saturated carbocycles. The Balaban J connectivity index is 2.28. The summed E-state index contributed by atoms with van der Waals surface area (Å²) in [7, 11) is 1.97. The Labute approximate surface area is 117 Å². The van der Waals surface area contributed by atoms with Crippen molar-refractivity contribution in [1.29, 1.82) is 0 Å². The van der Waals surface area contributed by atoms with Crippen LogP contribution in [0.5, 0.6) is 0 Å². The number of nitrogens with zero attached hydrogens (tertiary/aromatic N) is 3. The van der Waals surface area contributed by atoms with E-state index in [1.54, 1.807) is 11.8 Å². The van der Waals surface area contributed by atoms with Crippen LogP contribution >= 0.6 is 23.4 Å². The van der Waals surface area contributed by atoms with E-state index in [0.29, 0.717) is 10.9 Å². The van der Waals surface area contributed by atoms with Gasteiger partial charge in [-0.05, 0) is 18.1 Å². The third-order valence-corrected chi connectivity index (χ3v) is 4.27. The summed E-state index contributed by atoms with van der Waals surface area (Å²) in [5, 5.41) is 10.1. The average molecular weight is 282 g/mol. The number of hydrogen-bond donors (Lipinski definition) is 0. The molecule has 5 heteroatoms. The summed E-state index contributed by atoms with van der Waals surface area (Å²) in [5.74, 6) is 2.48. The van der Waals surface area contributed by atoms with Crippen LogP contribution in [0.25, 0.3) is 11.4 Å². The molecule has 0 aliphatic heterocycles. The van der Waals surface area contributed by atoms with E-state index in [0.717, 1.165) is 22.3 Å². The lowest BCUT2D eigenvalue weighted by molar-refractivity contribution is 0.739. The third-order valence-electron chi connectivity index (χ3n) is 2.50. The lowest BCUT2D eigenvalue weighted by atomic mass is 10.2. The molecule has 0 aliphatic carbocycles. The first kappa shape index (κ1) is 13.4. The number of benzene rings is 1. The van der Waals surface area contributed by atoms with Crippen LogP contribution < -0.4 is 0 Å². The van der Waals surface area contributed by atoms with E-state index in [1.807, 2.05) is 35.9 Å². The molecule has 96 valence electrons. The van der Waals surface area contributed by atoms with Crippen LogP contribution in [0.2, 0.25) is 5.02 Å². The number of aromatic nitrogens is 3. The fourth-order valence-corrected chi connectivity index (χ4v) is 2.64. The second kappa shape index (κ2) is 5.76. The maximum absolute atomic E-state index is 6.18. The molecule has 3 nitrogen and oxygen atoms in total. The predicted molar refractivity (Wildman–Crippen MR) is 77.0 cm³/mol. The van der Waals surface area contributed by atoms with Gasteiger partial charge in [0.15, 0.2) is 11.0 Å². The zero-order valence-electron chi connectivity index (χ0n) is 10.7. The van der Waals surface area contributed by atoms with Crippen molar-refractivity contribution < 1.29 is 0 Å². The average Bonchev–Trinajstić information content (AvgIpc) is 2.69. The van der Waals surface area contributed by atoms with Gasteiger partial charge in [-0.15, -0.1) is 10.2 Å². The van der Waals surface area contributed by atoms with Crippen LogP contribution in [0.4, 0.5) is 0 Å². The Morgan fingerprint density at radius 1 is 1.28 bits per heavy atom. The minimum atomic E-state index is 0.635. The van der Waals surface area contributed by atoms with Gasteiger partial charge in [0.05, 0.1) is 5.02 Å². The smallest absolute Gasteiger partial charge is 0.191 e. The highest BCUT2D eigenvalue weighted by Gasteiger charge is 2.13. The van der Waals surface area contributed by atoms with Gasteiger partial charge in [-0.1, -0.05) is 49.3 Å². The molecule has 0 bridgehead atoms. The molecule has 2 aromatic rings. The predicted octanol–water partition coefficient (Wildman–Crippen LogP) is 3.88. The van der Waals surface area contributed by atoms with Crippen LogP contribution in [0.1, 0.15) is 13.8 Å². The van der Waals surface area contributed by atoms with E-state index in [-0.39, 0.29) is 0 Å². The van der Waals surface area contributed by atoms with Gasteiger partial charge in [0, 0.05) is 18.4 Å². The van der Waals surface area contributed by atoms with E-state index in [2.05, 4.69) is 24.0 Å². The Kier molecular flexibility index (Phi) is 4.30. The number of hydrogen-bond acceptors (Lipinski definition) is 3. The standard InChI is InChI=1S/C13H16ClN3S/c1-9(2)8-18-13-16-15-12(17(13)3)10-6-4-5-7-11(10)14/h4-7,9H,8H2,1-3H3. The molecule has 2 rings (SSSR count). The molecule has 0 radical (unpaired) electrons. The van der Waals surface area contributed by atoms with Crippen LogP contribution in [-0.2, 0) is 7.05 Å². The first-order valence-corrected chi connectivity index (χ1v) is 7.23. The van der Waals surface area contributed by atoms with Crippen molar-refractivity contribution >= 4 is 23.4 Å². The molecular formula is C13H16ClN3S. The molecule has 18 heavy (non-hydrogen) atoms. The van der Waals surface area contributed by atoms with E-state index in [4.69, 9.17) is 11.6 Å². The van der Waals surface area contributed by atoms with Gasteiger partial charge in [0.1, 0.15) is 0 Å². The van der Waals surface area contributed by atoms with Crippen molar-refractivity contribution in [1.82, 2.24) is 14.8 Å². The van der Waals surface area contributed by atoms with Crippen molar-refractivity contribution in [3.05, 3.63) is 29.3 Å². The zero-order chi connectivity index (χ0) is 13.1. The van der Waals surface area contributed by atoms with Crippen molar-refractivity contribution in [3.8, 4) is 11.4 Å². The molecular weight excluding hydrogens is 266 g/mol. The molecule has 1 heterocycles. The fourth-order valence-electron chi connectivity index (χ4n) is 1.56. The van der Waals surface area contributed by atoms with Crippen LogP contribution in [0.15, 0.2) is 29.4 Å². The highest BCUT2D eigenvalue weighted by atomic mass is 35.5. The zero-order valence-corrected chi connectivity index (χ0v) is 12.3. The Bertz CT molecular complexity index is 537. The molecule has 0 fully saturated rings. The van der Waals surface area contributed by atoms with E-state index in [1.165, 1.54) is 0 Å². The summed E-state index contributed by atoms with van der Waals surface area (Å²) in [6.45, 7) is 4.39. The second-order valence-corrected chi connectivity index (χ2v) is 5.94. The normalized spacial score (nSPS) is 11.2. The molecule has 0 N–H and O–H groups in total. The third kappa shape index (κ3) is 2.87. The fraction of sp³-hybridized carbons (Fsp3) is 0.385. The highest BCUT2D eigenvalue weighted by Crippen LogP contribution is 2.28. The minimum Gasteiger partial charge on any atom is -0.305 e. The quantitative estimate of drug-likeness (QED) is 0.797. The van der Waals surface area contributed by atoms with E-state index < -0.39 is 0 Å². The van der Waals surface area contributed by atoms with Gasteiger partial charge in [0.25, 0.3) is 0 Å². The maximum atomic E-state index is 6.18. The molecule has 0 aliphatic rings. The lowest BCUT2D eigenvalue weighted by Crippen LogP contribution is -1.97. The summed E-state index contributed by atoms with van der Waals surface area (Å²) < 4.78 is 1.99. The van der Waals surface area contributed by atoms with E-state index in [9.17, 15) is 0 Å². The van der Waals surface area contributed by atoms with Crippen molar-refractivity contribution in [3.63, 3.8) is 0 Å². The monoisotopic (exact) mass is 281 g/mol. The molecule has 0 spiro atoms. The number of halogens is 1. The van der Waals surface area contributed by atoms with E-state index >= 15 is 0 Å². The summed E-state index contributed by atoms with van der Waals surface area (Å²) in [5.41, 5.74) is 0.922. The van der Waals surface area contributed by atoms with Crippen molar-refractivity contribution in [2.24, 2.45) is 13.0 Å². The summed E-state index contributed by atoms with van der Waals surface area (Å²) in [4.78, 5) is 0. The minimum absolute atomic E-state index is 0.635. The first-order valence-electron chi connectivity index (χ1n) is 5.86. The topological polar surface area (TPSA) is 30.7 Å². The van der Waals surface area contributed by atoms with Gasteiger partial charge < -0.3 is 4.57 Å². The molecule has 0 saturated heterocycles. The van der Waals surface area contributed by atoms with Gasteiger partial charge in [-0.25, -0.2) is 0 Å². The largest absolute Gasteiger partial charge is 0.305 e. The molecule has 1 aromatic carbocycles. The Morgan fingerprint density at radius 2 is 2.00 bits per heavy atom.